The van der Waals surface area contributed by atoms with Gasteiger partial charge < -0.3 is 16.4 Å². The summed E-state index contributed by atoms with van der Waals surface area (Å²) in [6, 6.07) is 3.63. The Morgan fingerprint density at radius 2 is 2.29 bits per heavy atom. The molecule has 1 atom stereocenters. The van der Waals surface area contributed by atoms with E-state index in [0.29, 0.717) is 11.5 Å². The number of rotatable bonds is 3. The fourth-order valence-electron chi connectivity index (χ4n) is 2.03. The molecular weight excluding hydrogens is 236 g/mol. The molecular formula is C11H14N4OS. The van der Waals surface area contributed by atoms with E-state index in [1.807, 2.05) is 11.0 Å². The lowest BCUT2D eigenvalue weighted by molar-refractivity contribution is -0.121. The lowest BCUT2D eigenvalue weighted by Crippen LogP contribution is -2.29. The first-order valence-corrected chi connectivity index (χ1v) is 5.79. The van der Waals surface area contributed by atoms with Crippen molar-refractivity contribution in [1.29, 1.82) is 0 Å². The number of thiocarbonyl (C=S) groups is 1. The Bertz CT molecular complexity index is 463. The summed E-state index contributed by atoms with van der Waals surface area (Å²) < 4.78 is 0. The second-order valence-electron chi connectivity index (χ2n) is 4.07. The van der Waals surface area contributed by atoms with Crippen molar-refractivity contribution in [3.8, 4) is 0 Å². The van der Waals surface area contributed by atoms with Crippen LogP contribution in [0.4, 0.5) is 5.82 Å². The van der Waals surface area contributed by atoms with E-state index in [4.69, 9.17) is 23.7 Å². The Kier molecular flexibility index (Phi) is 3.23. The Balaban J connectivity index is 2.24. The van der Waals surface area contributed by atoms with Crippen LogP contribution in [-0.4, -0.2) is 29.0 Å². The number of nitrogens with two attached hydrogens (primary N) is 2. The van der Waals surface area contributed by atoms with E-state index in [-0.39, 0.29) is 11.8 Å². The summed E-state index contributed by atoms with van der Waals surface area (Å²) >= 11 is 4.99. The quantitative estimate of drug-likeness (QED) is 0.739. The Morgan fingerprint density at radius 3 is 2.88 bits per heavy atom. The molecule has 1 aliphatic heterocycles. The van der Waals surface area contributed by atoms with Crippen molar-refractivity contribution in [2.75, 3.05) is 18.0 Å². The predicted octanol–water partition coefficient (Wildman–Crippen LogP) is 0.0274. The summed E-state index contributed by atoms with van der Waals surface area (Å²) in [7, 11) is 0. The molecule has 17 heavy (non-hydrogen) atoms. The number of primary amides is 1. The van der Waals surface area contributed by atoms with Crippen LogP contribution in [0.2, 0.25) is 0 Å². The molecule has 0 radical (unpaired) electrons. The standard InChI is InChI=1S/C11H14N4OS/c12-9(16)7-3-5-15(6-7)11-8(10(13)17)2-1-4-14-11/h1-2,4,7H,3,5-6H2,(H2,12,16)(H2,13,17). The minimum Gasteiger partial charge on any atom is -0.389 e. The average Bonchev–Trinajstić information content (AvgIpc) is 2.78. The van der Waals surface area contributed by atoms with Gasteiger partial charge in [0.1, 0.15) is 10.8 Å². The monoisotopic (exact) mass is 250 g/mol. The van der Waals surface area contributed by atoms with Crippen molar-refractivity contribution in [3.63, 3.8) is 0 Å². The molecule has 0 aromatic carbocycles. The molecule has 0 aliphatic carbocycles. The number of hydrogen-bond acceptors (Lipinski definition) is 4. The van der Waals surface area contributed by atoms with Gasteiger partial charge in [0.15, 0.2) is 0 Å². The van der Waals surface area contributed by atoms with E-state index < -0.39 is 0 Å². The minimum atomic E-state index is -0.264. The van der Waals surface area contributed by atoms with Crippen LogP contribution in [0.1, 0.15) is 12.0 Å². The summed E-state index contributed by atoms with van der Waals surface area (Å²) in [6.45, 7) is 1.34. The van der Waals surface area contributed by atoms with Gasteiger partial charge in [-0.15, -0.1) is 0 Å². The van der Waals surface area contributed by atoms with E-state index in [2.05, 4.69) is 4.98 Å². The van der Waals surface area contributed by atoms with Gasteiger partial charge in [0.2, 0.25) is 5.91 Å². The number of nitrogens with zero attached hydrogens (tertiary/aromatic N) is 2. The zero-order chi connectivity index (χ0) is 12.4. The maximum absolute atomic E-state index is 11.1. The lowest BCUT2D eigenvalue weighted by atomic mass is 10.1. The van der Waals surface area contributed by atoms with E-state index in [9.17, 15) is 4.79 Å². The van der Waals surface area contributed by atoms with E-state index in [1.54, 1.807) is 12.3 Å². The molecule has 1 amide bonds. The number of carbonyl (C=O) groups excluding carboxylic acids is 1. The smallest absolute Gasteiger partial charge is 0.222 e. The first kappa shape index (κ1) is 11.8. The maximum atomic E-state index is 11.1. The molecule has 1 saturated heterocycles. The van der Waals surface area contributed by atoms with E-state index >= 15 is 0 Å². The number of anilines is 1. The third-order valence-corrected chi connectivity index (χ3v) is 3.16. The fraction of sp³-hybridized carbons (Fsp3) is 0.364. The van der Waals surface area contributed by atoms with Gasteiger partial charge in [-0.25, -0.2) is 4.98 Å². The normalized spacial score (nSPS) is 19.3. The molecule has 0 saturated carbocycles. The summed E-state index contributed by atoms with van der Waals surface area (Å²) in [5, 5.41) is 0. The van der Waals surface area contributed by atoms with Gasteiger partial charge >= 0.3 is 0 Å². The number of hydrogen-bond donors (Lipinski definition) is 2. The molecule has 2 rings (SSSR count). The van der Waals surface area contributed by atoms with Crippen LogP contribution in [0.15, 0.2) is 18.3 Å². The zero-order valence-electron chi connectivity index (χ0n) is 9.30. The van der Waals surface area contributed by atoms with Crippen LogP contribution in [0, 0.1) is 5.92 Å². The highest BCUT2D eigenvalue weighted by molar-refractivity contribution is 7.80. The molecule has 4 N–H and O–H groups in total. The molecule has 1 unspecified atom stereocenters. The van der Waals surface area contributed by atoms with Crippen molar-refractivity contribution in [2.24, 2.45) is 17.4 Å². The van der Waals surface area contributed by atoms with Crippen molar-refractivity contribution >= 4 is 28.9 Å². The molecule has 5 nitrogen and oxygen atoms in total. The summed E-state index contributed by atoms with van der Waals surface area (Å²) in [4.78, 5) is 17.7. The van der Waals surface area contributed by atoms with Gasteiger partial charge in [-0.05, 0) is 18.6 Å². The van der Waals surface area contributed by atoms with Crippen molar-refractivity contribution < 1.29 is 4.79 Å². The fourth-order valence-corrected chi connectivity index (χ4v) is 2.19. The first-order valence-electron chi connectivity index (χ1n) is 5.38. The number of aromatic nitrogens is 1. The number of pyridine rings is 1. The van der Waals surface area contributed by atoms with Crippen LogP contribution >= 0.6 is 12.2 Å². The molecule has 6 heteroatoms. The van der Waals surface area contributed by atoms with Crippen molar-refractivity contribution in [3.05, 3.63) is 23.9 Å². The van der Waals surface area contributed by atoms with Crippen LogP contribution < -0.4 is 16.4 Å². The largest absolute Gasteiger partial charge is 0.389 e. The third kappa shape index (κ3) is 2.36. The van der Waals surface area contributed by atoms with Gasteiger partial charge in [-0.3, -0.25) is 4.79 Å². The second kappa shape index (κ2) is 4.67. The summed E-state index contributed by atoms with van der Waals surface area (Å²) in [6.07, 6.45) is 2.44. The van der Waals surface area contributed by atoms with Gasteiger partial charge in [0.05, 0.1) is 11.5 Å². The van der Waals surface area contributed by atoms with Crippen molar-refractivity contribution in [1.82, 2.24) is 4.98 Å². The molecule has 1 aromatic rings. The Morgan fingerprint density at radius 1 is 1.53 bits per heavy atom. The molecule has 2 heterocycles. The summed E-state index contributed by atoms with van der Waals surface area (Å²) in [5.74, 6) is 0.361. The molecule has 0 spiro atoms. The molecule has 1 aromatic heterocycles. The van der Waals surface area contributed by atoms with E-state index in [1.165, 1.54) is 0 Å². The zero-order valence-corrected chi connectivity index (χ0v) is 10.1. The average molecular weight is 250 g/mol. The van der Waals surface area contributed by atoms with Crippen LogP contribution in [0.3, 0.4) is 0 Å². The second-order valence-corrected chi connectivity index (χ2v) is 4.51. The van der Waals surface area contributed by atoms with Crippen LogP contribution in [0.25, 0.3) is 0 Å². The SMILES string of the molecule is NC(=O)C1CCN(c2ncccc2C(N)=S)C1. The van der Waals surface area contributed by atoms with Crippen LogP contribution in [-0.2, 0) is 4.79 Å². The van der Waals surface area contributed by atoms with E-state index in [0.717, 1.165) is 24.3 Å². The highest BCUT2D eigenvalue weighted by Gasteiger charge is 2.28. The number of amides is 1. The van der Waals surface area contributed by atoms with Gasteiger partial charge in [-0.1, -0.05) is 12.2 Å². The topological polar surface area (TPSA) is 85.2 Å². The Hall–Kier alpha value is -1.69. The molecule has 0 bridgehead atoms. The lowest BCUT2D eigenvalue weighted by Gasteiger charge is -2.19. The maximum Gasteiger partial charge on any atom is 0.222 e. The molecule has 1 fully saturated rings. The predicted molar refractivity (Wildman–Crippen MR) is 69.6 cm³/mol. The molecule has 1 aliphatic rings. The van der Waals surface area contributed by atoms with Gasteiger partial charge in [0, 0.05) is 19.3 Å². The number of carbonyl (C=O) groups is 1. The summed E-state index contributed by atoms with van der Waals surface area (Å²) in [5.41, 5.74) is 11.7. The molecule has 90 valence electrons. The third-order valence-electron chi connectivity index (χ3n) is 2.94. The highest BCUT2D eigenvalue weighted by atomic mass is 32.1. The van der Waals surface area contributed by atoms with Crippen LogP contribution in [0.5, 0.6) is 0 Å². The van der Waals surface area contributed by atoms with Crippen molar-refractivity contribution in [2.45, 2.75) is 6.42 Å². The highest BCUT2D eigenvalue weighted by Crippen LogP contribution is 2.24. The Labute approximate surface area is 105 Å². The van der Waals surface area contributed by atoms with Gasteiger partial charge in [0.25, 0.3) is 0 Å². The van der Waals surface area contributed by atoms with Gasteiger partial charge in [-0.2, -0.15) is 0 Å². The first-order chi connectivity index (χ1) is 8.09. The minimum absolute atomic E-state index is 0.115.